The summed E-state index contributed by atoms with van der Waals surface area (Å²) in [7, 11) is 0. The van der Waals surface area contributed by atoms with E-state index >= 15 is 0 Å². The van der Waals surface area contributed by atoms with Crippen LogP contribution in [0.2, 0.25) is 0 Å². The zero-order valence-electron chi connectivity index (χ0n) is 10.8. The van der Waals surface area contributed by atoms with Crippen molar-refractivity contribution >= 4 is 11.0 Å². The first-order valence-electron chi connectivity index (χ1n) is 5.71. The Labute approximate surface area is 98.0 Å². The number of fused-ring (bicyclic) bond motifs is 1. The predicted octanol–water partition coefficient (Wildman–Crippen LogP) is 3.71. The van der Waals surface area contributed by atoms with Gasteiger partial charge in [-0.3, -0.25) is 4.98 Å². The van der Waals surface area contributed by atoms with Crippen LogP contribution in [0.3, 0.4) is 0 Å². The summed E-state index contributed by atoms with van der Waals surface area (Å²) in [6.07, 6.45) is 4.94. The molecule has 0 unspecified atom stereocenters. The van der Waals surface area contributed by atoms with E-state index in [2.05, 4.69) is 35.7 Å². The third kappa shape index (κ3) is 6.06. The van der Waals surface area contributed by atoms with Crippen LogP contribution in [-0.2, 0) is 0 Å². The van der Waals surface area contributed by atoms with Crippen molar-refractivity contribution in [3.63, 3.8) is 0 Å². The molecular weight excluding hydrogens is 198 g/mol. The number of aromatic nitrogens is 3. The number of hydrogen-bond donors (Lipinski definition) is 0. The van der Waals surface area contributed by atoms with Gasteiger partial charge in [-0.15, -0.1) is 0 Å². The monoisotopic (exact) mass is 219 g/mol. The van der Waals surface area contributed by atoms with Gasteiger partial charge < -0.3 is 0 Å². The summed E-state index contributed by atoms with van der Waals surface area (Å²) in [6.45, 7) is 10.5. The zero-order chi connectivity index (χ0) is 12.4. The van der Waals surface area contributed by atoms with Crippen molar-refractivity contribution in [2.45, 2.75) is 34.6 Å². The maximum absolute atomic E-state index is 4.06. The Bertz CT molecular complexity index is 317. The minimum atomic E-state index is 0.833. The molecule has 0 fully saturated rings. The fraction of sp³-hybridized carbons (Fsp3) is 0.462. The molecule has 0 aliphatic carbocycles. The molecule has 16 heavy (non-hydrogen) atoms. The molecule has 0 saturated carbocycles. The first-order chi connectivity index (χ1) is 7.70. The molecule has 0 bridgehead atoms. The van der Waals surface area contributed by atoms with E-state index in [0.717, 1.165) is 17.0 Å². The molecule has 2 rings (SSSR count). The lowest BCUT2D eigenvalue weighted by Gasteiger charge is -1.89. The minimum absolute atomic E-state index is 0.833. The van der Waals surface area contributed by atoms with Crippen LogP contribution in [0.25, 0.3) is 11.0 Å². The largest absolute Gasteiger partial charge is 0.253 e. The topological polar surface area (TPSA) is 38.7 Å². The van der Waals surface area contributed by atoms with Gasteiger partial charge in [0.05, 0.1) is 11.7 Å². The second-order valence-electron chi connectivity index (χ2n) is 3.66. The molecule has 0 spiro atoms. The van der Waals surface area contributed by atoms with Crippen LogP contribution in [-0.4, -0.2) is 15.0 Å². The van der Waals surface area contributed by atoms with Crippen LogP contribution in [0, 0.1) is 5.92 Å². The molecule has 3 heteroatoms. The maximum Gasteiger partial charge on any atom is 0.116 e. The van der Waals surface area contributed by atoms with E-state index in [1.165, 1.54) is 6.33 Å². The van der Waals surface area contributed by atoms with Gasteiger partial charge in [-0.1, -0.05) is 34.6 Å². The van der Waals surface area contributed by atoms with Gasteiger partial charge >= 0.3 is 0 Å². The summed E-state index contributed by atoms with van der Waals surface area (Å²) in [5.41, 5.74) is 1.72. The van der Waals surface area contributed by atoms with E-state index in [4.69, 9.17) is 0 Å². The molecule has 2 aromatic heterocycles. The van der Waals surface area contributed by atoms with Gasteiger partial charge in [-0.05, 0) is 18.1 Å². The molecule has 0 aliphatic rings. The Morgan fingerprint density at radius 1 is 1.00 bits per heavy atom. The van der Waals surface area contributed by atoms with E-state index in [0.29, 0.717) is 0 Å². The van der Waals surface area contributed by atoms with Gasteiger partial charge in [-0.25, -0.2) is 9.97 Å². The van der Waals surface area contributed by atoms with Gasteiger partial charge in [0.25, 0.3) is 0 Å². The van der Waals surface area contributed by atoms with Crippen LogP contribution in [0.1, 0.15) is 34.6 Å². The third-order valence-corrected chi connectivity index (χ3v) is 1.28. The maximum atomic E-state index is 4.06. The Hall–Kier alpha value is -1.51. The molecule has 0 radical (unpaired) electrons. The van der Waals surface area contributed by atoms with Crippen molar-refractivity contribution in [1.82, 2.24) is 15.0 Å². The average Bonchev–Trinajstić information content (AvgIpc) is 2.31. The Balaban J connectivity index is 0.000000323. The van der Waals surface area contributed by atoms with Crippen LogP contribution >= 0.6 is 0 Å². The lowest BCUT2D eigenvalue weighted by Crippen LogP contribution is -1.81. The Kier molecular flexibility index (Phi) is 7.94. The molecule has 0 aromatic carbocycles. The molecule has 2 aromatic rings. The number of rotatable bonds is 0. The SMILES string of the molecule is CC.CC(C)C.c1cnc2cncnc2c1. The van der Waals surface area contributed by atoms with Crippen molar-refractivity contribution in [3.05, 3.63) is 30.9 Å². The van der Waals surface area contributed by atoms with Crippen molar-refractivity contribution in [1.29, 1.82) is 0 Å². The van der Waals surface area contributed by atoms with E-state index in [9.17, 15) is 0 Å². The van der Waals surface area contributed by atoms with Gasteiger partial charge in [0.1, 0.15) is 11.8 Å². The predicted molar refractivity (Wildman–Crippen MR) is 69.2 cm³/mol. The summed E-state index contributed by atoms with van der Waals surface area (Å²) >= 11 is 0. The number of hydrogen-bond acceptors (Lipinski definition) is 3. The molecule has 3 nitrogen and oxygen atoms in total. The van der Waals surface area contributed by atoms with E-state index in [-0.39, 0.29) is 0 Å². The summed E-state index contributed by atoms with van der Waals surface area (Å²) in [4.78, 5) is 11.9. The van der Waals surface area contributed by atoms with E-state index in [1.54, 1.807) is 12.4 Å². The zero-order valence-corrected chi connectivity index (χ0v) is 10.8. The molecule has 0 N–H and O–H groups in total. The molecular formula is C13H21N3. The molecule has 0 aliphatic heterocycles. The number of nitrogens with zero attached hydrogens (tertiary/aromatic N) is 3. The number of pyridine rings is 1. The molecule has 0 saturated heterocycles. The molecule has 88 valence electrons. The highest BCUT2D eigenvalue weighted by Crippen LogP contribution is 2.02. The van der Waals surface area contributed by atoms with E-state index < -0.39 is 0 Å². The second kappa shape index (κ2) is 8.77. The first kappa shape index (κ1) is 14.5. The van der Waals surface area contributed by atoms with Crippen molar-refractivity contribution in [2.75, 3.05) is 0 Å². The quantitative estimate of drug-likeness (QED) is 0.678. The fourth-order valence-corrected chi connectivity index (χ4v) is 0.817. The average molecular weight is 219 g/mol. The van der Waals surface area contributed by atoms with E-state index in [1.807, 2.05) is 26.0 Å². The van der Waals surface area contributed by atoms with Crippen molar-refractivity contribution in [3.8, 4) is 0 Å². The van der Waals surface area contributed by atoms with Gasteiger partial charge in [0, 0.05) is 6.20 Å². The third-order valence-electron chi connectivity index (χ3n) is 1.28. The first-order valence-corrected chi connectivity index (χ1v) is 5.71. The van der Waals surface area contributed by atoms with Crippen molar-refractivity contribution < 1.29 is 0 Å². The minimum Gasteiger partial charge on any atom is -0.253 e. The van der Waals surface area contributed by atoms with Crippen LogP contribution in [0.4, 0.5) is 0 Å². The lowest BCUT2D eigenvalue weighted by molar-refractivity contribution is 0.737. The summed E-state index contributed by atoms with van der Waals surface area (Å²) < 4.78 is 0. The summed E-state index contributed by atoms with van der Waals surface area (Å²) in [5, 5.41) is 0. The molecule has 0 amide bonds. The Morgan fingerprint density at radius 2 is 1.62 bits per heavy atom. The lowest BCUT2D eigenvalue weighted by atomic mass is 10.3. The van der Waals surface area contributed by atoms with Crippen LogP contribution < -0.4 is 0 Å². The van der Waals surface area contributed by atoms with Gasteiger partial charge in [0.15, 0.2) is 0 Å². The van der Waals surface area contributed by atoms with Gasteiger partial charge in [-0.2, -0.15) is 0 Å². The molecule has 2 heterocycles. The van der Waals surface area contributed by atoms with Crippen LogP contribution in [0.5, 0.6) is 0 Å². The highest BCUT2D eigenvalue weighted by molar-refractivity contribution is 5.71. The van der Waals surface area contributed by atoms with Gasteiger partial charge in [0.2, 0.25) is 0 Å². The normalized spacial score (nSPS) is 8.88. The molecule has 0 atom stereocenters. The Morgan fingerprint density at radius 3 is 2.19 bits per heavy atom. The highest BCUT2D eigenvalue weighted by Gasteiger charge is 1.89. The van der Waals surface area contributed by atoms with Crippen LogP contribution in [0.15, 0.2) is 30.9 Å². The standard InChI is InChI=1S/C7H5N3.C4H10.C2H6/c1-2-6-7(9-3-1)4-8-5-10-6;1-4(2)3;1-2/h1-5H;4H,1-3H3;1-2H3. The smallest absolute Gasteiger partial charge is 0.116 e. The summed E-state index contributed by atoms with van der Waals surface area (Å²) in [5.74, 6) is 0.833. The van der Waals surface area contributed by atoms with Crippen molar-refractivity contribution in [2.24, 2.45) is 5.92 Å². The highest BCUT2D eigenvalue weighted by atomic mass is 14.8. The second-order valence-corrected chi connectivity index (χ2v) is 3.66. The summed E-state index contributed by atoms with van der Waals surface area (Å²) in [6, 6.07) is 3.76. The fourth-order valence-electron chi connectivity index (χ4n) is 0.817.